The van der Waals surface area contributed by atoms with E-state index in [0.29, 0.717) is 6.04 Å². The van der Waals surface area contributed by atoms with Gasteiger partial charge in [0.05, 0.1) is 11.8 Å². The first kappa shape index (κ1) is 16.1. The molecule has 0 aromatic heterocycles. The number of benzene rings is 1. The van der Waals surface area contributed by atoms with Crippen molar-refractivity contribution in [1.29, 1.82) is 0 Å². The molecule has 0 unspecified atom stereocenters. The summed E-state index contributed by atoms with van der Waals surface area (Å²) in [6.45, 7) is 3.89. The molecule has 0 aliphatic heterocycles. The third kappa shape index (κ3) is 8.29. The van der Waals surface area contributed by atoms with E-state index in [1.165, 1.54) is 0 Å². The van der Waals surface area contributed by atoms with E-state index in [1.54, 1.807) is 35.5 Å². The molecule has 0 atom stereocenters. The Hall–Kier alpha value is -1.88. The highest BCUT2D eigenvalue weighted by molar-refractivity contribution is 5.89. The average molecular weight is 251 g/mol. The largest absolute Gasteiger partial charge is 0.478 e. The summed E-state index contributed by atoms with van der Waals surface area (Å²) >= 11 is 0. The van der Waals surface area contributed by atoms with Crippen LogP contribution >= 0.6 is 0 Å². The highest BCUT2D eigenvalue weighted by atomic mass is 16.4. The minimum atomic E-state index is -0.916. The molecule has 1 aromatic rings. The Morgan fingerprint density at radius 1 is 1.33 bits per heavy atom. The fourth-order valence-corrected chi connectivity index (χ4v) is 0.894. The van der Waals surface area contributed by atoms with Gasteiger partial charge in [-0.15, -0.1) is 0 Å². The quantitative estimate of drug-likeness (QED) is 0.632. The number of hydrogen-bond acceptors (Lipinski definition) is 4. The molecule has 0 spiro atoms. The molecule has 0 amide bonds. The minimum absolute atomic E-state index is 0.284. The van der Waals surface area contributed by atoms with Gasteiger partial charge in [0.1, 0.15) is 0 Å². The molecule has 18 heavy (non-hydrogen) atoms. The summed E-state index contributed by atoms with van der Waals surface area (Å²) in [6.07, 6.45) is 1.67. The summed E-state index contributed by atoms with van der Waals surface area (Å²) in [6, 6.07) is 6.88. The normalized spacial score (nSPS) is 10.1. The van der Waals surface area contributed by atoms with Crippen molar-refractivity contribution >= 4 is 12.2 Å². The summed E-state index contributed by atoms with van der Waals surface area (Å²) in [7, 11) is 3.64. The summed E-state index contributed by atoms with van der Waals surface area (Å²) in [5.74, 6) is -0.916. The molecule has 1 rings (SSSR count). The Labute approximate surface area is 108 Å². The highest BCUT2D eigenvalue weighted by Crippen LogP contribution is 2.02. The maximum Gasteiger partial charge on any atom is 0.335 e. The molecule has 0 heterocycles. The Balaban J connectivity index is 0.000000631. The average Bonchev–Trinajstić information content (AvgIpc) is 2.26. The van der Waals surface area contributed by atoms with Crippen LogP contribution in [0.5, 0.6) is 0 Å². The molecular weight excluding hydrogens is 230 g/mol. The summed E-state index contributed by atoms with van der Waals surface area (Å²) in [5, 5.41) is 14.4. The standard InChI is InChI=1S/C10H12N2O2.C3H9N/c1-12(2)11-7-8-3-5-9(6-4-8)10(13)14;1-3(2)4/h3-7H,1-2H3,(H,13,14);3H,4H2,1-2H3/b11-7-;. The summed E-state index contributed by atoms with van der Waals surface area (Å²) in [5.41, 5.74) is 6.27. The topological polar surface area (TPSA) is 78.9 Å². The predicted molar refractivity (Wildman–Crippen MR) is 74.0 cm³/mol. The molecule has 5 heteroatoms. The number of rotatable bonds is 3. The first-order chi connectivity index (χ1) is 8.32. The molecule has 0 aliphatic carbocycles. The second-order valence-corrected chi connectivity index (χ2v) is 4.26. The predicted octanol–water partition coefficient (Wildman–Crippen LogP) is 1.63. The van der Waals surface area contributed by atoms with Gasteiger partial charge in [0.2, 0.25) is 0 Å². The van der Waals surface area contributed by atoms with Gasteiger partial charge in [0.15, 0.2) is 0 Å². The number of hydrazone groups is 1. The second kappa shape index (κ2) is 8.25. The Kier molecular flexibility index (Phi) is 7.38. The molecule has 3 N–H and O–H groups in total. The van der Waals surface area contributed by atoms with Gasteiger partial charge in [-0.25, -0.2) is 4.79 Å². The van der Waals surface area contributed by atoms with Crippen LogP contribution in [0.25, 0.3) is 0 Å². The number of carboxylic acids is 1. The Bertz CT molecular complexity index is 381. The van der Waals surface area contributed by atoms with E-state index in [-0.39, 0.29) is 5.56 Å². The van der Waals surface area contributed by atoms with Crippen LogP contribution in [0.2, 0.25) is 0 Å². The van der Waals surface area contributed by atoms with Crippen LogP contribution in [0.3, 0.4) is 0 Å². The number of carboxylic acid groups (broad SMARTS) is 1. The minimum Gasteiger partial charge on any atom is -0.478 e. The van der Waals surface area contributed by atoms with Gasteiger partial charge < -0.3 is 15.8 Å². The molecule has 0 fully saturated rings. The third-order valence-electron chi connectivity index (χ3n) is 1.60. The van der Waals surface area contributed by atoms with E-state index < -0.39 is 5.97 Å². The van der Waals surface area contributed by atoms with Crippen LogP contribution < -0.4 is 5.73 Å². The molecule has 5 nitrogen and oxygen atoms in total. The van der Waals surface area contributed by atoms with Crippen molar-refractivity contribution in [1.82, 2.24) is 5.01 Å². The van der Waals surface area contributed by atoms with Crippen LogP contribution in [-0.4, -0.2) is 42.4 Å². The maximum atomic E-state index is 10.5. The molecule has 0 aliphatic rings. The Morgan fingerprint density at radius 3 is 2.11 bits per heavy atom. The summed E-state index contributed by atoms with van der Waals surface area (Å²) < 4.78 is 0. The van der Waals surface area contributed by atoms with E-state index in [4.69, 9.17) is 10.8 Å². The highest BCUT2D eigenvalue weighted by Gasteiger charge is 1.99. The lowest BCUT2D eigenvalue weighted by Crippen LogP contribution is -2.06. The van der Waals surface area contributed by atoms with Gasteiger partial charge in [-0.1, -0.05) is 26.0 Å². The lowest BCUT2D eigenvalue weighted by Gasteiger charge is -2.02. The SMILES string of the molecule is CC(C)N.CN(C)/N=C\c1ccc(C(=O)O)cc1. The molecule has 100 valence electrons. The zero-order valence-electron chi connectivity index (χ0n) is 11.3. The van der Waals surface area contributed by atoms with Crippen molar-refractivity contribution in [2.24, 2.45) is 10.8 Å². The van der Waals surface area contributed by atoms with Crippen molar-refractivity contribution in [3.05, 3.63) is 35.4 Å². The molecule has 0 saturated carbocycles. The van der Waals surface area contributed by atoms with Crippen molar-refractivity contribution in [3.8, 4) is 0 Å². The fourth-order valence-electron chi connectivity index (χ4n) is 0.894. The van der Waals surface area contributed by atoms with E-state index >= 15 is 0 Å². The van der Waals surface area contributed by atoms with E-state index in [9.17, 15) is 4.79 Å². The van der Waals surface area contributed by atoms with Gasteiger partial charge in [0.25, 0.3) is 0 Å². The van der Waals surface area contributed by atoms with E-state index in [2.05, 4.69) is 5.10 Å². The van der Waals surface area contributed by atoms with Gasteiger partial charge in [-0.3, -0.25) is 0 Å². The number of carbonyl (C=O) groups is 1. The van der Waals surface area contributed by atoms with Crippen LogP contribution in [0.4, 0.5) is 0 Å². The number of hydrogen-bond donors (Lipinski definition) is 2. The maximum absolute atomic E-state index is 10.5. The lowest BCUT2D eigenvalue weighted by atomic mass is 10.1. The van der Waals surface area contributed by atoms with Crippen molar-refractivity contribution in [2.75, 3.05) is 14.1 Å². The van der Waals surface area contributed by atoms with Gasteiger partial charge in [-0.2, -0.15) is 5.10 Å². The van der Waals surface area contributed by atoms with E-state index in [1.807, 2.05) is 27.9 Å². The number of aromatic carboxylic acids is 1. The zero-order valence-corrected chi connectivity index (χ0v) is 11.3. The molecular formula is C13H21N3O2. The van der Waals surface area contributed by atoms with Crippen LogP contribution in [0, 0.1) is 0 Å². The molecule has 0 radical (unpaired) electrons. The third-order valence-corrected chi connectivity index (χ3v) is 1.60. The van der Waals surface area contributed by atoms with Crippen LogP contribution in [0.15, 0.2) is 29.4 Å². The Morgan fingerprint density at radius 2 is 1.78 bits per heavy atom. The number of nitrogens with zero attached hydrogens (tertiary/aromatic N) is 2. The fraction of sp³-hybridized carbons (Fsp3) is 0.385. The van der Waals surface area contributed by atoms with Crippen molar-refractivity contribution in [3.63, 3.8) is 0 Å². The van der Waals surface area contributed by atoms with Crippen LogP contribution in [0.1, 0.15) is 29.8 Å². The van der Waals surface area contributed by atoms with Gasteiger partial charge >= 0.3 is 5.97 Å². The first-order valence-electron chi connectivity index (χ1n) is 5.63. The molecule has 1 aromatic carbocycles. The number of nitrogens with two attached hydrogens (primary N) is 1. The van der Waals surface area contributed by atoms with Gasteiger partial charge in [-0.05, 0) is 23.7 Å². The second-order valence-electron chi connectivity index (χ2n) is 4.26. The lowest BCUT2D eigenvalue weighted by molar-refractivity contribution is 0.0697. The summed E-state index contributed by atoms with van der Waals surface area (Å²) in [4.78, 5) is 10.5. The first-order valence-corrected chi connectivity index (χ1v) is 5.63. The van der Waals surface area contributed by atoms with Crippen molar-refractivity contribution < 1.29 is 9.90 Å². The van der Waals surface area contributed by atoms with E-state index in [0.717, 1.165) is 5.56 Å². The smallest absolute Gasteiger partial charge is 0.335 e. The zero-order chi connectivity index (χ0) is 14.1. The monoisotopic (exact) mass is 251 g/mol. The molecule has 0 bridgehead atoms. The molecule has 0 saturated heterocycles. The van der Waals surface area contributed by atoms with Gasteiger partial charge in [0, 0.05) is 14.1 Å². The van der Waals surface area contributed by atoms with Crippen LogP contribution in [-0.2, 0) is 0 Å². The van der Waals surface area contributed by atoms with Crippen molar-refractivity contribution in [2.45, 2.75) is 19.9 Å².